The molecule has 1 aromatic rings. The number of methoxy groups -OCH3 is 1. The minimum absolute atomic E-state index is 0.0706. The van der Waals surface area contributed by atoms with Crippen molar-refractivity contribution in [3.05, 3.63) is 34.4 Å². The Hall–Kier alpha value is -1.16. The van der Waals surface area contributed by atoms with Gasteiger partial charge in [-0.15, -0.1) is 0 Å². The summed E-state index contributed by atoms with van der Waals surface area (Å²) in [6.07, 6.45) is -0.309. The van der Waals surface area contributed by atoms with E-state index in [4.69, 9.17) is 11.6 Å². The molecule has 0 spiro atoms. The third kappa shape index (κ3) is 2.42. The molecule has 0 radical (unpaired) electrons. The Bertz CT molecular complexity index is 366. The van der Waals surface area contributed by atoms with E-state index in [0.717, 1.165) is 12.1 Å². The smallest absolute Gasteiger partial charge is 0.310 e. The highest BCUT2D eigenvalue weighted by Crippen LogP contribution is 2.19. The van der Waals surface area contributed by atoms with Crippen LogP contribution in [0.25, 0.3) is 0 Å². The molecule has 0 aliphatic rings. The van der Waals surface area contributed by atoms with E-state index in [0.29, 0.717) is 0 Å². The first-order chi connectivity index (χ1) is 6.54. The normalized spacial score (nSPS) is 10.0. The predicted octanol–water partition coefficient (Wildman–Crippen LogP) is 2.33. The Morgan fingerprint density at radius 3 is 2.64 bits per heavy atom. The summed E-state index contributed by atoms with van der Waals surface area (Å²) < 4.78 is 30.2. The molecule has 0 bridgehead atoms. The van der Waals surface area contributed by atoms with E-state index in [1.165, 1.54) is 7.11 Å². The predicted molar refractivity (Wildman–Crippen MR) is 47.1 cm³/mol. The van der Waals surface area contributed by atoms with Crippen molar-refractivity contribution in [2.24, 2.45) is 0 Å². The molecule has 0 aliphatic carbocycles. The fourth-order valence-electron chi connectivity index (χ4n) is 0.927. The maximum absolute atomic E-state index is 13.1. The number of rotatable bonds is 2. The summed E-state index contributed by atoms with van der Waals surface area (Å²) in [7, 11) is 1.17. The Balaban J connectivity index is 2.98. The monoisotopic (exact) mass is 220 g/mol. The number of carbonyl (C=O) groups excluding carboxylic acids is 1. The Kier molecular flexibility index (Phi) is 3.41. The van der Waals surface area contributed by atoms with E-state index in [1.54, 1.807) is 0 Å². The topological polar surface area (TPSA) is 26.3 Å². The molecule has 0 aliphatic heterocycles. The van der Waals surface area contributed by atoms with E-state index in [1.807, 2.05) is 0 Å². The fraction of sp³-hybridized carbons (Fsp3) is 0.222. The van der Waals surface area contributed by atoms with Gasteiger partial charge in [-0.05, 0) is 12.1 Å². The molecule has 0 heterocycles. The fourth-order valence-corrected chi connectivity index (χ4v) is 1.08. The molecule has 0 aromatic heterocycles. The van der Waals surface area contributed by atoms with Crippen LogP contribution in [-0.4, -0.2) is 13.1 Å². The van der Waals surface area contributed by atoms with Gasteiger partial charge in [0, 0.05) is 5.56 Å². The van der Waals surface area contributed by atoms with Crippen LogP contribution in [0.5, 0.6) is 0 Å². The molecular weight excluding hydrogens is 214 g/mol. The molecular formula is C9H7ClF2O2. The Morgan fingerprint density at radius 1 is 1.43 bits per heavy atom. The first kappa shape index (κ1) is 10.9. The van der Waals surface area contributed by atoms with Crippen molar-refractivity contribution in [1.82, 2.24) is 0 Å². The van der Waals surface area contributed by atoms with Gasteiger partial charge in [-0.25, -0.2) is 8.78 Å². The molecule has 76 valence electrons. The molecule has 0 fully saturated rings. The molecule has 0 amide bonds. The standard InChI is InChI=1S/C9H7ClF2O2/c1-14-9(13)3-5-2-8(12)6(10)4-7(5)11/h2,4H,3H2,1H3. The van der Waals surface area contributed by atoms with Crippen LogP contribution in [0.1, 0.15) is 5.56 Å². The van der Waals surface area contributed by atoms with Gasteiger partial charge in [0.2, 0.25) is 0 Å². The van der Waals surface area contributed by atoms with E-state index >= 15 is 0 Å². The second-order valence-electron chi connectivity index (χ2n) is 2.61. The van der Waals surface area contributed by atoms with Crippen LogP contribution in [0.3, 0.4) is 0 Å². The minimum atomic E-state index is -0.757. The quantitative estimate of drug-likeness (QED) is 0.565. The Morgan fingerprint density at radius 2 is 2.07 bits per heavy atom. The molecule has 5 heteroatoms. The van der Waals surface area contributed by atoms with Gasteiger partial charge in [0.25, 0.3) is 0 Å². The van der Waals surface area contributed by atoms with Crippen LogP contribution in [0.2, 0.25) is 5.02 Å². The summed E-state index contributed by atoms with van der Waals surface area (Å²) in [4.78, 5) is 10.8. The van der Waals surface area contributed by atoms with Crippen LogP contribution in [0.15, 0.2) is 12.1 Å². The lowest BCUT2D eigenvalue weighted by Crippen LogP contribution is -2.06. The molecule has 14 heavy (non-hydrogen) atoms. The lowest BCUT2D eigenvalue weighted by molar-refractivity contribution is -0.139. The largest absolute Gasteiger partial charge is 0.469 e. The second-order valence-corrected chi connectivity index (χ2v) is 3.02. The lowest BCUT2D eigenvalue weighted by Gasteiger charge is -2.03. The molecule has 1 rings (SSSR count). The number of benzene rings is 1. The molecule has 1 aromatic carbocycles. The first-order valence-corrected chi connectivity index (χ1v) is 4.12. The molecule has 0 unspecified atom stereocenters. The zero-order valence-electron chi connectivity index (χ0n) is 7.31. The highest BCUT2D eigenvalue weighted by atomic mass is 35.5. The van der Waals surface area contributed by atoms with Gasteiger partial charge in [-0.3, -0.25) is 4.79 Å². The number of carbonyl (C=O) groups is 1. The van der Waals surface area contributed by atoms with Crippen molar-refractivity contribution < 1.29 is 18.3 Å². The van der Waals surface area contributed by atoms with Crippen molar-refractivity contribution in [3.63, 3.8) is 0 Å². The van der Waals surface area contributed by atoms with E-state index in [-0.39, 0.29) is 17.0 Å². The summed E-state index contributed by atoms with van der Waals surface area (Å²) in [6, 6.07) is 1.71. The second kappa shape index (κ2) is 4.37. The molecule has 0 saturated carbocycles. The zero-order chi connectivity index (χ0) is 10.7. The van der Waals surface area contributed by atoms with Crippen molar-refractivity contribution in [2.75, 3.05) is 7.11 Å². The van der Waals surface area contributed by atoms with Crippen molar-refractivity contribution in [3.8, 4) is 0 Å². The number of halogens is 3. The SMILES string of the molecule is COC(=O)Cc1cc(F)c(Cl)cc1F. The minimum Gasteiger partial charge on any atom is -0.469 e. The van der Waals surface area contributed by atoms with Gasteiger partial charge in [0.1, 0.15) is 11.6 Å². The third-order valence-corrected chi connectivity index (χ3v) is 1.94. The van der Waals surface area contributed by atoms with Crippen molar-refractivity contribution in [2.45, 2.75) is 6.42 Å². The van der Waals surface area contributed by atoms with Gasteiger partial charge in [0.15, 0.2) is 0 Å². The van der Waals surface area contributed by atoms with Crippen LogP contribution in [-0.2, 0) is 16.0 Å². The maximum atomic E-state index is 13.1. The zero-order valence-corrected chi connectivity index (χ0v) is 8.07. The first-order valence-electron chi connectivity index (χ1n) is 3.75. The molecule has 0 saturated heterocycles. The molecule has 2 nitrogen and oxygen atoms in total. The number of hydrogen-bond donors (Lipinski definition) is 0. The highest BCUT2D eigenvalue weighted by molar-refractivity contribution is 6.30. The summed E-state index contributed by atoms with van der Waals surface area (Å²) in [5.41, 5.74) is -0.0706. The van der Waals surface area contributed by atoms with Crippen LogP contribution in [0.4, 0.5) is 8.78 Å². The Labute approximate surface area is 84.4 Å². The summed E-state index contributed by atoms with van der Waals surface area (Å²) in [5, 5.41) is -0.309. The van der Waals surface area contributed by atoms with Gasteiger partial charge >= 0.3 is 5.97 Å². The lowest BCUT2D eigenvalue weighted by atomic mass is 10.1. The third-order valence-electron chi connectivity index (χ3n) is 1.65. The number of esters is 1. The average molecular weight is 221 g/mol. The van der Waals surface area contributed by atoms with Crippen LogP contribution < -0.4 is 0 Å². The molecule has 0 N–H and O–H groups in total. The van der Waals surface area contributed by atoms with E-state index < -0.39 is 17.6 Å². The van der Waals surface area contributed by atoms with Gasteiger partial charge in [-0.2, -0.15) is 0 Å². The van der Waals surface area contributed by atoms with Gasteiger partial charge < -0.3 is 4.74 Å². The maximum Gasteiger partial charge on any atom is 0.310 e. The highest BCUT2D eigenvalue weighted by Gasteiger charge is 2.11. The number of ether oxygens (including phenoxy) is 1. The van der Waals surface area contributed by atoms with Crippen molar-refractivity contribution >= 4 is 17.6 Å². The van der Waals surface area contributed by atoms with Gasteiger partial charge in [-0.1, -0.05) is 11.6 Å². The van der Waals surface area contributed by atoms with E-state index in [2.05, 4.69) is 4.74 Å². The van der Waals surface area contributed by atoms with Crippen molar-refractivity contribution in [1.29, 1.82) is 0 Å². The van der Waals surface area contributed by atoms with Gasteiger partial charge in [0.05, 0.1) is 18.6 Å². The summed E-state index contributed by atoms with van der Waals surface area (Å²) >= 11 is 5.33. The van der Waals surface area contributed by atoms with Crippen LogP contribution in [0, 0.1) is 11.6 Å². The average Bonchev–Trinajstić information content (AvgIpc) is 2.14. The number of hydrogen-bond acceptors (Lipinski definition) is 2. The molecule has 0 atom stereocenters. The summed E-state index contributed by atoms with van der Waals surface area (Å²) in [5.74, 6) is -2.11. The van der Waals surface area contributed by atoms with E-state index in [9.17, 15) is 13.6 Å². The summed E-state index contributed by atoms with van der Waals surface area (Å²) in [6.45, 7) is 0. The van der Waals surface area contributed by atoms with Crippen LogP contribution >= 0.6 is 11.6 Å².